The topological polar surface area (TPSA) is 12.5 Å². The first-order valence-corrected chi connectivity index (χ1v) is 4.71. The van der Waals surface area contributed by atoms with Crippen LogP contribution in [0, 0.1) is 0 Å². The molecular formula is C12H13F2NO. The first-order chi connectivity index (χ1) is 7.67. The summed E-state index contributed by atoms with van der Waals surface area (Å²) in [5, 5.41) is 0. The second-order valence-electron chi connectivity index (χ2n) is 3.06. The number of anilines is 1. The molecule has 16 heavy (non-hydrogen) atoms. The third-order valence-corrected chi connectivity index (χ3v) is 1.98. The number of rotatable bonds is 5. The van der Waals surface area contributed by atoms with E-state index >= 15 is 0 Å². The summed E-state index contributed by atoms with van der Waals surface area (Å²) >= 11 is 0. The average Bonchev–Trinajstić information content (AvgIpc) is 2.28. The Kier molecular flexibility index (Phi) is 4.51. The zero-order valence-electron chi connectivity index (χ0n) is 8.99. The third kappa shape index (κ3) is 3.38. The van der Waals surface area contributed by atoms with E-state index in [9.17, 15) is 8.78 Å². The van der Waals surface area contributed by atoms with Gasteiger partial charge in [0.05, 0.1) is 13.3 Å². The number of hydrogen-bond donors (Lipinski definition) is 0. The largest absolute Gasteiger partial charge is 0.497 e. The van der Waals surface area contributed by atoms with Crippen molar-refractivity contribution in [3.63, 3.8) is 0 Å². The highest BCUT2D eigenvalue weighted by atomic mass is 19.3. The molecule has 0 bridgehead atoms. The van der Waals surface area contributed by atoms with Crippen molar-refractivity contribution < 1.29 is 13.5 Å². The average molecular weight is 225 g/mol. The summed E-state index contributed by atoms with van der Waals surface area (Å²) in [6.45, 7) is 3.85. The fourth-order valence-corrected chi connectivity index (χ4v) is 1.26. The molecule has 0 fully saturated rings. The standard InChI is InChI=1S/C12H13F2NO/c1-3-8-15(9-12(13)14)10-4-6-11(16-2)7-5-10/h3-7,9H,1,8H2,2H3. The van der Waals surface area contributed by atoms with Crippen LogP contribution in [0.5, 0.6) is 5.75 Å². The number of halogens is 2. The van der Waals surface area contributed by atoms with Crippen molar-refractivity contribution in [2.24, 2.45) is 0 Å². The number of benzene rings is 1. The van der Waals surface area contributed by atoms with Gasteiger partial charge in [0.2, 0.25) is 0 Å². The highest BCUT2D eigenvalue weighted by molar-refractivity contribution is 5.52. The van der Waals surface area contributed by atoms with Gasteiger partial charge in [0, 0.05) is 12.2 Å². The molecule has 0 radical (unpaired) electrons. The Morgan fingerprint density at radius 3 is 2.44 bits per heavy atom. The first-order valence-electron chi connectivity index (χ1n) is 4.71. The highest BCUT2D eigenvalue weighted by Crippen LogP contribution is 2.20. The van der Waals surface area contributed by atoms with Gasteiger partial charge in [0.1, 0.15) is 5.75 Å². The van der Waals surface area contributed by atoms with Crippen LogP contribution < -0.4 is 9.64 Å². The van der Waals surface area contributed by atoms with E-state index in [1.807, 2.05) is 0 Å². The van der Waals surface area contributed by atoms with Crippen molar-refractivity contribution in [2.75, 3.05) is 18.6 Å². The van der Waals surface area contributed by atoms with E-state index in [1.54, 1.807) is 37.5 Å². The third-order valence-electron chi connectivity index (χ3n) is 1.98. The second kappa shape index (κ2) is 5.90. The number of methoxy groups -OCH3 is 1. The summed E-state index contributed by atoms with van der Waals surface area (Å²) < 4.78 is 29.4. The van der Waals surface area contributed by atoms with Crippen LogP contribution in [0.4, 0.5) is 14.5 Å². The fraction of sp³-hybridized carbons (Fsp3) is 0.167. The van der Waals surface area contributed by atoms with Crippen molar-refractivity contribution in [3.8, 4) is 5.75 Å². The lowest BCUT2D eigenvalue weighted by Gasteiger charge is -2.18. The van der Waals surface area contributed by atoms with Gasteiger partial charge in [-0.25, -0.2) is 0 Å². The van der Waals surface area contributed by atoms with E-state index in [0.29, 0.717) is 18.0 Å². The summed E-state index contributed by atoms with van der Waals surface area (Å²) in [6.07, 6.45) is 0.602. The fourth-order valence-electron chi connectivity index (χ4n) is 1.26. The van der Waals surface area contributed by atoms with Crippen LogP contribution in [0.15, 0.2) is 49.2 Å². The Balaban J connectivity index is 2.92. The predicted molar refractivity (Wildman–Crippen MR) is 60.8 cm³/mol. The van der Waals surface area contributed by atoms with Gasteiger partial charge < -0.3 is 9.64 Å². The highest BCUT2D eigenvalue weighted by Gasteiger charge is 2.04. The molecule has 2 nitrogen and oxygen atoms in total. The van der Waals surface area contributed by atoms with Gasteiger partial charge in [-0.15, -0.1) is 6.58 Å². The maximum Gasteiger partial charge on any atom is 0.286 e. The zero-order chi connectivity index (χ0) is 12.0. The lowest BCUT2D eigenvalue weighted by molar-refractivity contribution is 0.414. The predicted octanol–water partition coefficient (Wildman–Crippen LogP) is 3.43. The molecule has 0 spiro atoms. The molecule has 0 unspecified atom stereocenters. The van der Waals surface area contributed by atoms with Crippen LogP contribution in [0.2, 0.25) is 0 Å². The van der Waals surface area contributed by atoms with Gasteiger partial charge in [-0.2, -0.15) is 8.78 Å². The molecule has 0 N–H and O–H groups in total. The Morgan fingerprint density at radius 1 is 1.38 bits per heavy atom. The molecule has 0 aliphatic heterocycles. The van der Waals surface area contributed by atoms with Gasteiger partial charge >= 0.3 is 0 Å². The molecule has 0 atom stereocenters. The normalized spacial score (nSPS) is 9.44. The Bertz CT molecular complexity index is 369. The monoisotopic (exact) mass is 225 g/mol. The van der Waals surface area contributed by atoms with Crippen LogP contribution in [-0.4, -0.2) is 13.7 Å². The number of hydrogen-bond acceptors (Lipinski definition) is 2. The molecule has 86 valence electrons. The summed E-state index contributed by atoms with van der Waals surface area (Å²) in [7, 11) is 1.55. The zero-order valence-corrected chi connectivity index (χ0v) is 8.99. The number of ether oxygens (including phenoxy) is 1. The van der Waals surface area contributed by atoms with Gasteiger partial charge in [-0.05, 0) is 24.3 Å². The maximum atomic E-state index is 12.2. The minimum atomic E-state index is -1.74. The van der Waals surface area contributed by atoms with E-state index in [2.05, 4.69) is 6.58 Å². The van der Waals surface area contributed by atoms with Crippen molar-refractivity contribution in [1.82, 2.24) is 0 Å². The molecule has 0 saturated heterocycles. The van der Waals surface area contributed by atoms with Gasteiger partial charge in [0.15, 0.2) is 0 Å². The lowest BCUT2D eigenvalue weighted by atomic mass is 10.3. The van der Waals surface area contributed by atoms with E-state index < -0.39 is 6.08 Å². The maximum absolute atomic E-state index is 12.2. The smallest absolute Gasteiger partial charge is 0.286 e. The molecule has 1 rings (SSSR count). The Morgan fingerprint density at radius 2 is 2.00 bits per heavy atom. The van der Waals surface area contributed by atoms with Gasteiger partial charge in [-0.1, -0.05) is 6.08 Å². The Hall–Kier alpha value is -1.84. The summed E-state index contributed by atoms with van der Waals surface area (Å²) in [4.78, 5) is 1.40. The lowest BCUT2D eigenvalue weighted by Crippen LogP contribution is -2.15. The summed E-state index contributed by atoms with van der Waals surface area (Å²) in [5.74, 6) is 0.687. The minimum absolute atomic E-state index is 0.323. The van der Waals surface area contributed by atoms with Crippen molar-refractivity contribution in [2.45, 2.75) is 0 Å². The summed E-state index contributed by atoms with van der Waals surface area (Å²) in [5.41, 5.74) is 0.661. The molecule has 0 aliphatic carbocycles. The van der Waals surface area contributed by atoms with Crippen molar-refractivity contribution in [3.05, 3.63) is 49.2 Å². The molecule has 0 saturated carbocycles. The molecule has 1 aromatic carbocycles. The van der Waals surface area contributed by atoms with E-state index in [1.165, 1.54) is 4.90 Å². The van der Waals surface area contributed by atoms with Crippen LogP contribution in [0.1, 0.15) is 0 Å². The van der Waals surface area contributed by atoms with Gasteiger partial charge in [0.25, 0.3) is 6.08 Å². The SMILES string of the molecule is C=CCN(C=C(F)F)c1ccc(OC)cc1. The van der Waals surface area contributed by atoms with E-state index in [-0.39, 0.29) is 0 Å². The quantitative estimate of drug-likeness (QED) is 0.712. The molecule has 0 aromatic heterocycles. The van der Waals surface area contributed by atoms with E-state index in [4.69, 9.17) is 4.74 Å². The molecular weight excluding hydrogens is 212 g/mol. The van der Waals surface area contributed by atoms with Crippen LogP contribution in [0.3, 0.4) is 0 Å². The number of nitrogens with zero attached hydrogens (tertiary/aromatic N) is 1. The summed E-state index contributed by atoms with van der Waals surface area (Å²) in [6, 6.07) is 6.86. The first kappa shape index (κ1) is 12.2. The minimum Gasteiger partial charge on any atom is -0.497 e. The molecule has 0 amide bonds. The van der Waals surface area contributed by atoms with Crippen LogP contribution >= 0.6 is 0 Å². The van der Waals surface area contributed by atoms with E-state index in [0.717, 1.165) is 6.20 Å². The van der Waals surface area contributed by atoms with Crippen molar-refractivity contribution in [1.29, 1.82) is 0 Å². The van der Waals surface area contributed by atoms with Crippen LogP contribution in [-0.2, 0) is 0 Å². The van der Waals surface area contributed by atoms with Gasteiger partial charge in [-0.3, -0.25) is 0 Å². The molecule has 0 aliphatic rings. The van der Waals surface area contributed by atoms with Crippen molar-refractivity contribution >= 4 is 5.69 Å². The van der Waals surface area contributed by atoms with Crippen LogP contribution in [0.25, 0.3) is 0 Å². The molecule has 0 heterocycles. The molecule has 4 heteroatoms. The molecule has 1 aromatic rings. The Labute approximate surface area is 93.4 Å². The second-order valence-corrected chi connectivity index (χ2v) is 3.06.